The lowest BCUT2D eigenvalue weighted by Crippen LogP contribution is -2.39. The Balaban J connectivity index is 1.63. The molecule has 5 nitrogen and oxygen atoms in total. The third-order valence-electron chi connectivity index (χ3n) is 7.51. The molecular formula is C32H29BrFN3O2. The second kappa shape index (κ2) is 10.7. The van der Waals surface area contributed by atoms with Gasteiger partial charge in [-0.15, -0.1) is 0 Å². The number of benzene rings is 3. The van der Waals surface area contributed by atoms with Gasteiger partial charge in [-0.3, -0.25) is 9.69 Å². The molecule has 1 heterocycles. The molecule has 0 bridgehead atoms. The van der Waals surface area contributed by atoms with Gasteiger partial charge in [0.15, 0.2) is 5.78 Å². The van der Waals surface area contributed by atoms with Crippen LogP contribution in [0.2, 0.25) is 0 Å². The molecule has 1 unspecified atom stereocenters. The lowest BCUT2D eigenvalue weighted by atomic mass is 9.74. The van der Waals surface area contributed by atoms with Crippen molar-refractivity contribution in [1.82, 2.24) is 0 Å². The number of ether oxygens (including phenoxy) is 1. The van der Waals surface area contributed by atoms with Crippen LogP contribution in [-0.2, 0) is 11.4 Å². The summed E-state index contributed by atoms with van der Waals surface area (Å²) in [6.45, 7) is 6.37. The maximum absolute atomic E-state index is 15.2. The zero-order valence-electron chi connectivity index (χ0n) is 22.1. The van der Waals surface area contributed by atoms with Crippen LogP contribution in [0.5, 0.6) is 5.75 Å². The van der Waals surface area contributed by atoms with Crippen LogP contribution in [0.15, 0.2) is 81.7 Å². The van der Waals surface area contributed by atoms with Crippen molar-refractivity contribution in [2.45, 2.75) is 52.6 Å². The average molecular weight is 587 g/mol. The fraction of sp³-hybridized carbons (Fsp3) is 0.250. The number of hydrogen-bond acceptors (Lipinski definition) is 5. The van der Waals surface area contributed by atoms with E-state index in [4.69, 9.17) is 10.5 Å². The van der Waals surface area contributed by atoms with Gasteiger partial charge in [0.2, 0.25) is 0 Å². The normalized spacial score (nSPS) is 17.3. The van der Waals surface area contributed by atoms with Crippen molar-refractivity contribution in [3.63, 3.8) is 0 Å². The maximum atomic E-state index is 15.2. The van der Waals surface area contributed by atoms with Gasteiger partial charge >= 0.3 is 0 Å². The van der Waals surface area contributed by atoms with E-state index < -0.39 is 11.7 Å². The first kappa shape index (κ1) is 26.7. The molecule has 0 aromatic heterocycles. The van der Waals surface area contributed by atoms with Gasteiger partial charge in [-0.25, -0.2) is 4.39 Å². The van der Waals surface area contributed by atoms with Crippen molar-refractivity contribution >= 4 is 27.4 Å². The van der Waals surface area contributed by atoms with E-state index in [2.05, 4.69) is 28.1 Å². The van der Waals surface area contributed by atoms with E-state index in [0.717, 1.165) is 33.6 Å². The van der Waals surface area contributed by atoms with Gasteiger partial charge in [-0.1, -0.05) is 45.8 Å². The molecule has 1 aliphatic carbocycles. The van der Waals surface area contributed by atoms with Crippen LogP contribution >= 0.6 is 15.9 Å². The molecule has 39 heavy (non-hydrogen) atoms. The molecule has 0 amide bonds. The van der Waals surface area contributed by atoms with Crippen molar-refractivity contribution in [3.05, 3.63) is 115 Å². The predicted octanol–water partition coefficient (Wildman–Crippen LogP) is 7.40. The molecule has 0 fully saturated rings. The minimum atomic E-state index is -0.633. The van der Waals surface area contributed by atoms with Crippen LogP contribution in [0.1, 0.15) is 53.0 Å². The summed E-state index contributed by atoms with van der Waals surface area (Å²) in [5, 5.41) is 10.4. The Morgan fingerprint density at radius 2 is 1.82 bits per heavy atom. The number of halogens is 2. The molecule has 0 spiro atoms. The van der Waals surface area contributed by atoms with Gasteiger partial charge in [0, 0.05) is 22.2 Å². The predicted molar refractivity (Wildman–Crippen MR) is 153 cm³/mol. The van der Waals surface area contributed by atoms with Crippen LogP contribution < -0.4 is 15.4 Å². The summed E-state index contributed by atoms with van der Waals surface area (Å²) in [6.07, 6.45) is 1.57. The topological polar surface area (TPSA) is 79.3 Å². The van der Waals surface area contributed by atoms with Gasteiger partial charge in [-0.2, -0.15) is 5.26 Å². The summed E-state index contributed by atoms with van der Waals surface area (Å²) < 4.78 is 21.8. The van der Waals surface area contributed by atoms with Crippen LogP contribution in [0.25, 0.3) is 0 Å². The standard InChI is InChI=1S/C32H29BrFN3O2/c1-18-7-10-23(11-8-18)39-17-21-14-24(20(3)13-19(21)2)30-25(16-35)32(36)37(27-12-9-22(33)15-26(27)34)28-5-4-6-29(38)31(28)30/h7-15,30H,4-6,17,36H2,1-3H3. The van der Waals surface area contributed by atoms with Crippen LogP contribution in [0.4, 0.5) is 10.1 Å². The molecule has 7 heteroatoms. The average Bonchev–Trinajstić information content (AvgIpc) is 2.90. The molecule has 2 aliphatic rings. The first-order chi connectivity index (χ1) is 18.7. The van der Waals surface area contributed by atoms with E-state index in [9.17, 15) is 10.1 Å². The van der Waals surface area contributed by atoms with Gasteiger partial charge in [0.05, 0.1) is 23.2 Å². The Morgan fingerprint density at radius 3 is 2.51 bits per heavy atom. The highest BCUT2D eigenvalue weighted by atomic mass is 79.9. The zero-order valence-corrected chi connectivity index (χ0v) is 23.7. The molecule has 1 aliphatic heterocycles. The molecule has 2 N–H and O–H groups in total. The van der Waals surface area contributed by atoms with Gasteiger partial charge in [0.1, 0.15) is 24.0 Å². The maximum Gasteiger partial charge on any atom is 0.161 e. The summed E-state index contributed by atoms with van der Waals surface area (Å²) in [4.78, 5) is 15.1. The number of rotatable bonds is 5. The molecule has 1 atom stereocenters. The summed E-state index contributed by atoms with van der Waals surface area (Å²) in [6, 6.07) is 18.9. The van der Waals surface area contributed by atoms with Crippen molar-refractivity contribution in [2.24, 2.45) is 5.73 Å². The largest absolute Gasteiger partial charge is 0.489 e. The number of hydrogen-bond donors (Lipinski definition) is 1. The number of ketones is 1. The fourth-order valence-corrected chi connectivity index (χ4v) is 5.85. The lowest BCUT2D eigenvalue weighted by Gasteiger charge is -2.40. The first-order valence-electron chi connectivity index (χ1n) is 12.9. The minimum Gasteiger partial charge on any atom is -0.489 e. The Labute approximate surface area is 236 Å². The van der Waals surface area contributed by atoms with Crippen LogP contribution in [-0.4, -0.2) is 5.78 Å². The zero-order chi connectivity index (χ0) is 27.8. The van der Waals surface area contributed by atoms with E-state index in [1.54, 1.807) is 17.0 Å². The Morgan fingerprint density at radius 1 is 1.08 bits per heavy atom. The van der Waals surface area contributed by atoms with E-state index in [0.29, 0.717) is 41.6 Å². The van der Waals surface area contributed by atoms with Gasteiger partial charge < -0.3 is 10.5 Å². The smallest absolute Gasteiger partial charge is 0.161 e. The fourth-order valence-electron chi connectivity index (χ4n) is 5.51. The number of carbonyl (C=O) groups excluding carboxylic acids is 1. The van der Waals surface area contributed by atoms with Crippen LogP contribution in [0, 0.1) is 37.9 Å². The summed E-state index contributed by atoms with van der Waals surface area (Å²) in [5.74, 6) is -0.251. The summed E-state index contributed by atoms with van der Waals surface area (Å²) in [5.41, 5.74) is 13.2. The first-order valence-corrected chi connectivity index (χ1v) is 13.7. The SMILES string of the molecule is Cc1ccc(OCc2cc(C3C(C#N)=C(N)N(c4ccc(Br)cc4F)C4=C3C(=O)CCC4)c(C)cc2C)cc1. The van der Waals surface area contributed by atoms with Crippen molar-refractivity contribution in [2.75, 3.05) is 4.90 Å². The third kappa shape index (κ3) is 4.97. The molecule has 0 saturated carbocycles. The second-order valence-corrected chi connectivity index (χ2v) is 11.1. The molecule has 198 valence electrons. The van der Waals surface area contributed by atoms with E-state index >= 15 is 4.39 Å². The number of Topliss-reactive ketones (excluding diaryl/α,β-unsaturated/α-hetero) is 1. The molecule has 0 radical (unpaired) electrons. The van der Waals surface area contributed by atoms with E-state index in [1.807, 2.05) is 51.1 Å². The molecule has 0 saturated heterocycles. The van der Waals surface area contributed by atoms with E-state index in [1.165, 1.54) is 6.07 Å². The summed E-state index contributed by atoms with van der Waals surface area (Å²) >= 11 is 3.30. The Bertz CT molecular complexity index is 1580. The Hall–Kier alpha value is -3.89. The van der Waals surface area contributed by atoms with Crippen molar-refractivity contribution in [1.29, 1.82) is 5.26 Å². The minimum absolute atomic E-state index is 0.0403. The van der Waals surface area contributed by atoms with E-state index in [-0.39, 0.29) is 22.9 Å². The van der Waals surface area contributed by atoms with Gasteiger partial charge in [0.25, 0.3) is 0 Å². The van der Waals surface area contributed by atoms with Gasteiger partial charge in [-0.05, 0) is 86.2 Å². The number of carbonyl (C=O) groups is 1. The summed E-state index contributed by atoms with van der Waals surface area (Å²) in [7, 11) is 0. The van der Waals surface area contributed by atoms with Crippen molar-refractivity contribution < 1.29 is 13.9 Å². The third-order valence-corrected chi connectivity index (χ3v) is 8.01. The van der Waals surface area contributed by atoms with Crippen molar-refractivity contribution in [3.8, 4) is 11.8 Å². The highest BCUT2D eigenvalue weighted by Crippen LogP contribution is 2.47. The monoisotopic (exact) mass is 585 g/mol. The quantitative estimate of drug-likeness (QED) is 0.337. The number of nitrogens with zero attached hydrogens (tertiary/aromatic N) is 2. The number of aryl methyl sites for hydroxylation is 3. The number of allylic oxidation sites excluding steroid dienone is 3. The molecular weight excluding hydrogens is 557 g/mol. The number of nitrogens with two attached hydrogens (primary N) is 1. The number of anilines is 1. The number of nitriles is 1. The molecule has 5 rings (SSSR count). The molecule has 3 aromatic rings. The second-order valence-electron chi connectivity index (χ2n) is 10.1. The lowest BCUT2D eigenvalue weighted by molar-refractivity contribution is -0.116. The Kier molecular flexibility index (Phi) is 7.33. The van der Waals surface area contributed by atoms with Crippen LogP contribution in [0.3, 0.4) is 0 Å². The highest BCUT2D eigenvalue weighted by Gasteiger charge is 2.41. The highest BCUT2D eigenvalue weighted by molar-refractivity contribution is 9.10. The molecule has 3 aromatic carbocycles.